The topological polar surface area (TPSA) is 24.5 Å². The summed E-state index contributed by atoms with van der Waals surface area (Å²) in [5.41, 5.74) is 3.22. The van der Waals surface area contributed by atoms with Gasteiger partial charge in [-0.2, -0.15) is 0 Å². The maximum atomic E-state index is 5.47. The highest BCUT2D eigenvalue weighted by Crippen LogP contribution is 2.45. The summed E-state index contributed by atoms with van der Waals surface area (Å²) in [6.45, 7) is 6.97. The summed E-state index contributed by atoms with van der Waals surface area (Å²) < 4.78 is 5.47. The van der Waals surface area contributed by atoms with E-state index in [0.717, 1.165) is 18.7 Å². The van der Waals surface area contributed by atoms with Crippen LogP contribution in [0.2, 0.25) is 0 Å². The Morgan fingerprint density at radius 2 is 2.24 bits per heavy atom. The molecule has 1 fully saturated rings. The summed E-state index contributed by atoms with van der Waals surface area (Å²) in [6.07, 6.45) is 3.54. The van der Waals surface area contributed by atoms with Gasteiger partial charge in [0.1, 0.15) is 5.75 Å². The molecule has 1 heterocycles. The minimum Gasteiger partial charge on any atom is -0.497 e. The molecule has 1 N–H and O–H groups in total. The van der Waals surface area contributed by atoms with E-state index in [9.17, 15) is 0 Å². The van der Waals surface area contributed by atoms with Crippen molar-refractivity contribution in [2.75, 3.05) is 27.2 Å². The number of nitrogens with one attached hydrogen (secondary N) is 1. The van der Waals surface area contributed by atoms with Gasteiger partial charge in [-0.3, -0.25) is 0 Å². The van der Waals surface area contributed by atoms with Crippen LogP contribution in [0.1, 0.15) is 37.8 Å². The van der Waals surface area contributed by atoms with Gasteiger partial charge in [0, 0.05) is 17.5 Å². The number of likely N-dealkylation sites (N-methyl/N-ethyl adjacent to an activating group) is 1. The van der Waals surface area contributed by atoms with Gasteiger partial charge in [0.15, 0.2) is 0 Å². The normalized spacial score (nSPS) is 31.8. The Labute approximate surface area is 128 Å². The van der Waals surface area contributed by atoms with E-state index >= 15 is 0 Å². The molecule has 1 aliphatic carbocycles. The van der Waals surface area contributed by atoms with E-state index in [0.29, 0.717) is 12.1 Å². The van der Waals surface area contributed by atoms with E-state index in [1.165, 1.54) is 30.5 Å². The van der Waals surface area contributed by atoms with Crippen LogP contribution >= 0.6 is 0 Å². The van der Waals surface area contributed by atoms with Crippen molar-refractivity contribution in [1.82, 2.24) is 10.2 Å². The molecule has 116 valence electrons. The summed E-state index contributed by atoms with van der Waals surface area (Å²) in [4.78, 5) is 2.54. The predicted molar refractivity (Wildman–Crippen MR) is 87.2 cm³/mol. The molecular formula is C18H28N2O. The van der Waals surface area contributed by atoms with E-state index in [4.69, 9.17) is 4.74 Å². The Morgan fingerprint density at radius 3 is 2.95 bits per heavy atom. The van der Waals surface area contributed by atoms with Gasteiger partial charge in [-0.05, 0) is 62.7 Å². The van der Waals surface area contributed by atoms with E-state index in [-0.39, 0.29) is 5.41 Å². The van der Waals surface area contributed by atoms with Gasteiger partial charge in [-0.25, -0.2) is 0 Å². The van der Waals surface area contributed by atoms with Crippen LogP contribution in [0.25, 0.3) is 0 Å². The first kappa shape index (κ1) is 14.9. The van der Waals surface area contributed by atoms with Crippen molar-refractivity contribution in [3.63, 3.8) is 0 Å². The summed E-state index contributed by atoms with van der Waals surface area (Å²) in [6, 6.07) is 7.80. The van der Waals surface area contributed by atoms with Crippen LogP contribution in [-0.2, 0) is 11.8 Å². The van der Waals surface area contributed by atoms with Crippen LogP contribution in [0.15, 0.2) is 18.2 Å². The van der Waals surface area contributed by atoms with E-state index < -0.39 is 0 Å². The second-order valence-corrected chi connectivity index (χ2v) is 6.87. The van der Waals surface area contributed by atoms with Crippen LogP contribution in [0.3, 0.4) is 0 Å². The zero-order chi connectivity index (χ0) is 15.0. The van der Waals surface area contributed by atoms with Crippen molar-refractivity contribution in [2.45, 2.75) is 50.6 Å². The molecule has 3 atom stereocenters. The average molecular weight is 288 g/mol. The van der Waals surface area contributed by atoms with Gasteiger partial charge >= 0.3 is 0 Å². The zero-order valence-electron chi connectivity index (χ0n) is 13.8. The number of rotatable bonds is 4. The Balaban J connectivity index is 2.04. The van der Waals surface area contributed by atoms with E-state index in [1.54, 1.807) is 7.11 Å². The quantitative estimate of drug-likeness (QED) is 0.921. The number of hydrogen-bond donors (Lipinski definition) is 1. The third-order valence-electron chi connectivity index (χ3n) is 5.60. The van der Waals surface area contributed by atoms with Gasteiger partial charge < -0.3 is 15.0 Å². The third kappa shape index (κ3) is 2.36. The molecule has 1 aliphatic heterocycles. The molecule has 0 saturated carbocycles. The maximum Gasteiger partial charge on any atom is 0.119 e. The number of ether oxygens (including phenoxy) is 1. The molecule has 0 aromatic heterocycles. The smallest absolute Gasteiger partial charge is 0.119 e. The highest BCUT2D eigenvalue weighted by Gasteiger charge is 2.49. The molecule has 3 heteroatoms. The molecule has 0 radical (unpaired) electrons. The number of hydrogen-bond acceptors (Lipinski definition) is 3. The molecule has 3 nitrogen and oxygen atoms in total. The molecule has 1 aromatic rings. The minimum atomic E-state index is 0.217. The molecule has 0 spiro atoms. The predicted octanol–water partition coefficient (Wildman–Crippen LogP) is 2.58. The van der Waals surface area contributed by atoms with Crippen LogP contribution in [0.5, 0.6) is 5.75 Å². The number of nitrogens with zero attached hydrogens (tertiary/aromatic N) is 1. The largest absolute Gasteiger partial charge is 0.497 e. The van der Waals surface area contributed by atoms with Gasteiger partial charge in [-0.15, -0.1) is 0 Å². The first-order valence-electron chi connectivity index (χ1n) is 8.21. The lowest BCUT2D eigenvalue weighted by atomic mass is 9.61. The molecule has 21 heavy (non-hydrogen) atoms. The van der Waals surface area contributed by atoms with Crippen molar-refractivity contribution in [3.8, 4) is 5.75 Å². The number of benzene rings is 1. The van der Waals surface area contributed by atoms with Gasteiger partial charge in [0.25, 0.3) is 0 Å². The monoisotopic (exact) mass is 288 g/mol. The number of methoxy groups -OCH3 is 1. The Morgan fingerprint density at radius 1 is 1.43 bits per heavy atom. The van der Waals surface area contributed by atoms with Gasteiger partial charge in [-0.1, -0.05) is 19.9 Å². The van der Waals surface area contributed by atoms with Crippen LogP contribution in [-0.4, -0.2) is 44.2 Å². The fourth-order valence-corrected chi connectivity index (χ4v) is 4.26. The van der Waals surface area contributed by atoms with Crippen LogP contribution < -0.4 is 10.1 Å². The fourth-order valence-electron chi connectivity index (χ4n) is 4.26. The second kappa shape index (κ2) is 5.62. The van der Waals surface area contributed by atoms with E-state index in [2.05, 4.69) is 49.3 Å². The zero-order valence-corrected chi connectivity index (χ0v) is 13.8. The molecule has 2 bridgehead atoms. The van der Waals surface area contributed by atoms with Crippen molar-refractivity contribution < 1.29 is 4.74 Å². The Bertz CT molecular complexity index is 516. The van der Waals surface area contributed by atoms with Crippen molar-refractivity contribution in [1.29, 1.82) is 0 Å². The maximum absolute atomic E-state index is 5.47. The lowest BCUT2D eigenvalue weighted by molar-refractivity contribution is 0.0661. The van der Waals surface area contributed by atoms with Gasteiger partial charge in [0.2, 0.25) is 0 Å². The first-order valence-corrected chi connectivity index (χ1v) is 8.21. The average Bonchev–Trinajstić information content (AvgIpc) is 2.50. The van der Waals surface area contributed by atoms with Crippen LogP contribution in [0.4, 0.5) is 0 Å². The van der Waals surface area contributed by atoms with Crippen molar-refractivity contribution in [2.24, 2.45) is 0 Å². The van der Waals surface area contributed by atoms with Crippen molar-refractivity contribution in [3.05, 3.63) is 29.3 Å². The van der Waals surface area contributed by atoms with E-state index in [1.807, 2.05) is 0 Å². The lowest BCUT2D eigenvalue weighted by Gasteiger charge is -2.55. The molecule has 2 aliphatic rings. The molecule has 0 amide bonds. The molecular weight excluding hydrogens is 260 g/mol. The molecule has 1 aromatic carbocycles. The van der Waals surface area contributed by atoms with Gasteiger partial charge in [0.05, 0.1) is 7.11 Å². The Kier molecular flexibility index (Phi) is 3.98. The Hall–Kier alpha value is -1.06. The molecule has 1 unspecified atom stereocenters. The van der Waals surface area contributed by atoms with Crippen LogP contribution in [0, 0.1) is 0 Å². The molecule has 3 rings (SSSR count). The minimum absolute atomic E-state index is 0.217. The fraction of sp³-hybridized carbons (Fsp3) is 0.667. The SMILES string of the molecule is CCCNC1[C@H]2Cc3ccc(OC)cc3[C@]1(C)CCN2C. The highest BCUT2D eigenvalue weighted by molar-refractivity contribution is 5.45. The third-order valence-corrected chi connectivity index (χ3v) is 5.60. The van der Waals surface area contributed by atoms with Crippen molar-refractivity contribution >= 4 is 0 Å². The number of piperidine rings is 1. The summed E-state index contributed by atoms with van der Waals surface area (Å²) in [5.74, 6) is 0.988. The summed E-state index contributed by atoms with van der Waals surface area (Å²) >= 11 is 0. The lowest BCUT2D eigenvalue weighted by Crippen LogP contribution is -2.66. The highest BCUT2D eigenvalue weighted by atomic mass is 16.5. The number of likely N-dealkylation sites (tertiary alicyclic amines) is 1. The number of fused-ring (bicyclic) bond motifs is 4. The standard InChI is InChI=1S/C18H28N2O/c1-5-9-19-17-16-11-13-6-7-14(21-4)12-15(13)18(17,2)8-10-20(16)3/h6-7,12,16-17,19H,5,8-11H2,1-4H3/t16-,17?,18+/m1/s1. The second-order valence-electron chi connectivity index (χ2n) is 6.87. The summed E-state index contributed by atoms with van der Waals surface area (Å²) in [7, 11) is 4.04. The molecule has 1 saturated heterocycles. The first-order chi connectivity index (χ1) is 10.1. The summed E-state index contributed by atoms with van der Waals surface area (Å²) in [5, 5.41) is 3.84.